The standard InChI is InChI=1S/C15H18ClN3O/c16-11-7-6-10(9-17)14(8-11)19-15(20)12-4-2-1-3-5-13(12)18/h6-8,12-13H,1-5,18H2,(H,19,20). The number of nitrogens with one attached hydrogen (secondary N) is 1. The molecule has 1 aromatic rings. The van der Waals surface area contributed by atoms with Gasteiger partial charge in [-0.3, -0.25) is 4.79 Å². The van der Waals surface area contributed by atoms with Crippen molar-refractivity contribution in [3.05, 3.63) is 28.8 Å². The van der Waals surface area contributed by atoms with Crippen molar-refractivity contribution in [1.82, 2.24) is 0 Å². The highest BCUT2D eigenvalue weighted by molar-refractivity contribution is 6.31. The van der Waals surface area contributed by atoms with Crippen molar-refractivity contribution in [3.8, 4) is 6.07 Å². The van der Waals surface area contributed by atoms with Crippen LogP contribution in [0.5, 0.6) is 0 Å². The number of carbonyl (C=O) groups is 1. The number of amides is 1. The number of hydrogen-bond donors (Lipinski definition) is 2. The second kappa shape index (κ2) is 6.74. The maximum absolute atomic E-state index is 12.4. The van der Waals surface area contributed by atoms with E-state index in [1.54, 1.807) is 18.2 Å². The van der Waals surface area contributed by atoms with E-state index in [1.807, 2.05) is 0 Å². The molecule has 4 nitrogen and oxygen atoms in total. The molecule has 0 bridgehead atoms. The fourth-order valence-corrected chi connectivity index (χ4v) is 2.78. The van der Waals surface area contributed by atoms with Gasteiger partial charge < -0.3 is 11.1 Å². The van der Waals surface area contributed by atoms with E-state index in [-0.39, 0.29) is 17.9 Å². The van der Waals surface area contributed by atoms with Crippen molar-refractivity contribution in [2.75, 3.05) is 5.32 Å². The quantitative estimate of drug-likeness (QED) is 0.822. The number of carbonyl (C=O) groups excluding carboxylic acids is 1. The molecule has 2 rings (SSSR count). The van der Waals surface area contributed by atoms with Gasteiger partial charge in [0.25, 0.3) is 0 Å². The molecule has 1 aliphatic carbocycles. The van der Waals surface area contributed by atoms with Gasteiger partial charge >= 0.3 is 0 Å². The molecule has 0 aromatic heterocycles. The van der Waals surface area contributed by atoms with E-state index >= 15 is 0 Å². The van der Waals surface area contributed by atoms with E-state index in [0.29, 0.717) is 16.3 Å². The molecule has 5 heteroatoms. The lowest BCUT2D eigenvalue weighted by atomic mass is 9.94. The molecule has 0 heterocycles. The smallest absolute Gasteiger partial charge is 0.229 e. The van der Waals surface area contributed by atoms with Crippen molar-refractivity contribution in [2.24, 2.45) is 11.7 Å². The van der Waals surface area contributed by atoms with E-state index in [2.05, 4.69) is 11.4 Å². The number of nitrogens with two attached hydrogens (primary N) is 1. The van der Waals surface area contributed by atoms with Crippen LogP contribution in [0.1, 0.15) is 37.7 Å². The number of hydrogen-bond acceptors (Lipinski definition) is 3. The number of halogens is 1. The van der Waals surface area contributed by atoms with Gasteiger partial charge in [-0.05, 0) is 31.0 Å². The van der Waals surface area contributed by atoms with Crippen LogP contribution in [0.2, 0.25) is 5.02 Å². The average molecular weight is 292 g/mol. The number of benzene rings is 1. The third kappa shape index (κ3) is 3.50. The highest BCUT2D eigenvalue weighted by atomic mass is 35.5. The van der Waals surface area contributed by atoms with Crippen molar-refractivity contribution in [1.29, 1.82) is 5.26 Å². The van der Waals surface area contributed by atoms with Gasteiger partial charge in [0.2, 0.25) is 5.91 Å². The van der Waals surface area contributed by atoms with Gasteiger partial charge in [0.1, 0.15) is 6.07 Å². The number of nitriles is 1. The van der Waals surface area contributed by atoms with E-state index < -0.39 is 0 Å². The summed E-state index contributed by atoms with van der Waals surface area (Å²) in [5, 5.41) is 12.4. The molecule has 1 saturated carbocycles. The summed E-state index contributed by atoms with van der Waals surface area (Å²) in [6.07, 6.45) is 4.89. The van der Waals surface area contributed by atoms with Crippen molar-refractivity contribution in [3.63, 3.8) is 0 Å². The van der Waals surface area contributed by atoms with Crippen LogP contribution in [-0.4, -0.2) is 11.9 Å². The van der Waals surface area contributed by atoms with E-state index in [9.17, 15) is 4.79 Å². The van der Waals surface area contributed by atoms with Gasteiger partial charge in [-0.1, -0.05) is 30.9 Å². The van der Waals surface area contributed by atoms with Crippen molar-refractivity contribution >= 4 is 23.2 Å². The second-order valence-electron chi connectivity index (χ2n) is 5.20. The van der Waals surface area contributed by atoms with Gasteiger partial charge in [-0.25, -0.2) is 0 Å². The molecular formula is C15H18ClN3O. The topological polar surface area (TPSA) is 78.9 Å². The lowest BCUT2D eigenvalue weighted by molar-refractivity contribution is -0.120. The van der Waals surface area contributed by atoms with Crippen LogP contribution in [0.3, 0.4) is 0 Å². The zero-order chi connectivity index (χ0) is 14.5. The first kappa shape index (κ1) is 14.8. The molecular weight excluding hydrogens is 274 g/mol. The Morgan fingerprint density at radius 3 is 2.85 bits per heavy atom. The fourth-order valence-electron chi connectivity index (χ4n) is 2.60. The van der Waals surface area contributed by atoms with Crippen LogP contribution < -0.4 is 11.1 Å². The van der Waals surface area contributed by atoms with Crippen LogP contribution in [0.4, 0.5) is 5.69 Å². The second-order valence-corrected chi connectivity index (χ2v) is 5.64. The predicted molar refractivity (Wildman–Crippen MR) is 79.3 cm³/mol. The minimum Gasteiger partial charge on any atom is -0.327 e. The van der Waals surface area contributed by atoms with E-state index in [4.69, 9.17) is 22.6 Å². The summed E-state index contributed by atoms with van der Waals surface area (Å²) >= 11 is 5.91. The van der Waals surface area contributed by atoms with Crippen molar-refractivity contribution in [2.45, 2.75) is 38.1 Å². The summed E-state index contributed by atoms with van der Waals surface area (Å²) in [6.45, 7) is 0. The summed E-state index contributed by atoms with van der Waals surface area (Å²) in [5.41, 5.74) is 6.95. The molecule has 1 amide bonds. The van der Waals surface area contributed by atoms with Crippen LogP contribution in [-0.2, 0) is 4.79 Å². The molecule has 0 aliphatic heterocycles. The van der Waals surface area contributed by atoms with Crippen LogP contribution in [0.25, 0.3) is 0 Å². The lowest BCUT2D eigenvalue weighted by Crippen LogP contribution is -2.37. The van der Waals surface area contributed by atoms with Crippen molar-refractivity contribution < 1.29 is 4.79 Å². The Hall–Kier alpha value is -1.57. The maximum Gasteiger partial charge on any atom is 0.229 e. The molecule has 0 spiro atoms. The number of nitrogens with zero attached hydrogens (tertiary/aromatic N) is 1. The maximum atomic E-state index is 12.4. The highest BCUT2D eigenvalue weighted by Crippen LogP contribution is 2.25. The van der Waals surface area contributed by atoms with Gasteiger partial charge in [0.05, 0.1) is 17.2 Å². The normalized spacial score (nSPS) is 22.6. The fraction of sp³-hybridized carbons (Fsp3) is 0.467. The summed E-state index contributed by atoms with van der Waals surface area (Å²) in [5.74, 6) is -0.304. The Labute approximate surface area is 123 Å². The molecule has 0 radical (unpaired) electrons. The monoisotopic (exact) mass is 291 g/mol. The largest absolute Gasteiger partial charge is 0.327 e. The number of anilines is 1. The summed E-state index contributed by atoms with van der Waals surface area (Å²) in [6, 6.07) is 6.77. The average Bonchev–Trinajstić information content (AvgIpc) is 2.63. The minimum absolute atomic E-state index is 0.109. The molecule has 1 aromatic carbocycles. The van der Waals surface area contributed by atoms with Gasteiger partial charge in [0.15, 0.2) is 0 Å². The Balaban J connectivity index is 2.15. The molecule has 1 aliphatic rings. The zero-order valence-electron chi connectivity index (χ0n) is 11.2. The lowest BCUT2D eigenvalue weighted by Gasteiger charge is -2.20. The van der Waals surface area contributed by atoms with Gasteiger partial charge in [-0.2, -0.15) is 5.26 Å². The van der Waals surface area contributed by atoms with Crippen LogP contribution in [0, 0.1) is 17.2 Å². The first-order chi connectivity index (χ1) is 9.61. The summed E-state index contributed by atoms with van der Waals surface area (Å²) in [7, 11) is 0. The Bertz CT molecular complexity index is 538. The summed E-state index contributed by atoms with van der Waals surface area (Å²) < 4.78 is 0. The third-order valence-corrected chi connectivity index (χ3v) is 4.00. The Morgan fingerprint density at radius 2 is 2.10 bits per heavy atom. The van der Waals surface area contributed by atoms with Gasteiger partial charge in [0, 0.05) is 11.1 Å². The van der Waals surface area contributed by atoms with Gasteiger partial charge in [-0.15, -0.1) is 0 Å². The SMILES string of the molecule is N#Cc1ccc(Cl)cc1NC(=O)C1CCCCCC1N. The molecule has 1 fully saturated rings. The Kier molecular flexibility index (Phi) is 4.99. The molecule has 3 N–H and O–H groups in total. The first-order valence-electron chi connectivity index (χ1n) is 6.88. The first-order valence-corrected chi connectivity index (χ1v) is 7.25. The molecule has 2 unspecified atom stereocenters. The molecule has 20 heavy (non-hydrogen) atoms. The van der Waals surface area contributed by atoms with Crippen LogP contribution in [0.15, 0.2) is 18.2 Å². The third-order valence-electron chi connectivity index (χ3n) is 3.77. The number of rotatable bonds is 2. The highest BCUT2D eigenvalue weighted by Gasteiger charge is 2.27. The zero-order valence-corrected chi connectivity index (χ0v) is 12.0. The summed E-state index contributed by atoms with van der Waals surface area (Å²) in [4.78, 5) is 12.4. The Morgan fingerprint density at radius 1 is 1.35 bits per heavy atom. The van der Waals surface area contributed by atoms with E-state index in [0.717, 1.165) is 32.1 Å². The molecule has 0 saturated heterocycles. The predicted octanol–water partition coefficient (Wildman–Crippen LogP) is 3.06. The van der Waals surface area contributed by atoms with Crippen LogP contribution >= 0.6 is 11.6 Å². The minimum atomic E-state index is -0.192. The molecule has 106 valence electrons. The molecule has 2 atom stereocenters. The van der Waals surface area contributed by atoms with E-state index in [1.165, 1.54) is 0 Å².